The van der Waals surface area contributed by atoms with E-state index in [1.165, 1.54) is 24.3 Å². The summed E-state index contributed by atoms with van der Waals surface area (Å²) in [5.41, 5.74) is -1.54. The molecule has 1 amide bonds. The number of oxime groups is 1. The van der Waals surface area contributed by atoms with Crippen molar-refractivity contribution in [3.05, 3.63) is 68.2 Å². The van der Waals surface area contributed by atoms with Gasteiger partial charge in [-0.05, 0) is 30.3 Å². The Labute approximate surface area is 220 Å². The zero-order valence-corrected chi connectivity index (χ0v) is 20.4. The number of benzene rings is 2. The predicted molar refractivity (Wildman–Crippen MR) is 123 cm³/mol. The van der Waals surface area contributed by atoms with E-state index in [2.05, 4.69) is 10.1 Å². The number of alkyl halides is 6. The number of nitrogens with one attached hydrogen (secondary N) is 2. The number of halogens is 9. The molecule has 37 heavy (non-hydrogen) atoms. The van der Waals surface area contributed by atoms with E-state index in [1.54, 1.807) is 10.8 Å². The van der Waals surface area contributed by atoms with Gasteiger partial charge in [0.05, 0.1) is 10.7 Å². The molecule has 0 aliphatic carbocycles. The van der Waals surface area contributed by atoms with Gasteiger partial charge in [0.15, 0.2) is 5.84 Å². The Kier molecular flexibility index (Phi) is 8.52. The first-order chi connectivity index (χ1) is 17.1. The molecule has 0 radical (unpaired) electrons. The lowest BCUT2D eigenvalue weighted by atomic mass is 9.86. The molecule has 1 aliphatic heterocycles. The summed E-state index contributed by atoms with van der Waals surface area (Å²) >= 11 is 18.0. The van der Waals surface area contributed by atoms with Crippen LogP contribution >= 0.6 is 34.8 Å². The highest BCUT2D eigenvalue weighted by molar-refractivity contribution is 6.35. The number of carbonyl (C=O) groups is 1. The first-order valence-electron chi connectivity index (χ1n) is 10.0. The van der Waals surface area contributed by atoms with E-state index in [0.29, 0.717) is 0 Å². The summed E-state index contributed by atoms with van der Waals surface area (Å²) in [6, 6.07) is 7.16. The Morgan fingerprint density at radius 1 is 1.08 bits per heavy atom. The highest BCUT2D eigenvalue weighted by Gasteiger charge is 2.62. The zero-order chi connectivity index (χ0) is 27.6. The van der Waals surface area contributed by atoms with Crippen molar-refractivity contribution >= 4 is 52.3 Å². The van der Waals surface area contributed by atoms with Gasteiger partial charge in [0, 0.05) is 33.2 Å². The van der Waals surface area contributed by atoms with Crippen molar-refractivity contribution in [1.29, 1.82) is 0 Å². The number of amides is 1. The topological polar surface area (TPSA) is 95.3 Å². The van der Waals surface area contributed by atoms with Crippen LogP contribution in [-0.2, 0) is 15.2 Å². The third-order valence-electron chi connectivity index (χ3n) is 5.04. The fourth-order valence-corrected chi connectivity index (χ4v) is 4.11. The molecule has 1 unspecified atom stereocenters. The van der Waals surface area contributed by atoms with E-state index < -0.39 is 43.4 Å². The molecule has 0 spiro atoms. The Hall–Kier alpha value is -2.74. The van der Waals surface area contributed by atoms with Gasteiger partial charge in [0.1, 0.15) is 13.1 Å². The lowest BCUT2D eigenvalue weighted by Gasteiger charge is -2.29. The molecule has 3 N–H and O–H groups in total. The molecule has 3 rings (SSSR count). The summed E-state index contributed by atoms with van der Waals surface area (Å²) in [6.45, 7) is -2.35. The maximum atomic E-state index is 14.2. The molecule has 0 saturated heterocycles. The zero-order valence-electron chi connectivity index (χ0n) is 18.1. The molecule has 0 fully saturated rings. The SMILES string of the molecule is O=C(CN=C(NO)c1ccc(C2=NOC(c3cc(Cl)cc(Cl)c3)(C(F)(F)F)C2)cc1Cl)NCC(F)(F)F. The van der Waals surface area contributed by atoms with E-state index in [1.807, 2.05) is 0 Å². The van der Waals surface area contributed by atoms with Crippen molar-refractivity contribution in [3.63, 3.8) is 0 Å². The number of hydrogen-bond donors (Lipinski definition) is 3. The molecule has 2 aromatic rings. The Bertz CT molecular complexity index is 1230. The fourth-order valence-electron chi connectivity index (χ4n) is 3.32. The summed E-state index contributed by atoms with van der Waals surface area (Å²) in [5.74, 6) is -1.46. The third-order valence-corrected chi connectivity index (χ3v) is 5.79. The van der Waals surface area contributed by atoms with Gasteiger partial charge in [-0.2, -0.15) is 26.3 Å². The number of rotatable bonds is 6. The van der Waals surface area contributed by atoms with Crippen LogP contribution in [-0.4, -0.2) is 48.1 Å². The minimum Gasteiger partial charge on any atom is -0.374 e. The average Bonchev–Trinajstić information content (AvgIpc) is 3.25. The standard InChI is InChI=1S/C21H15Cl3F6N4O3/c22-12-4-11(5-13(23)6-12)19(21(28,29)30)7-16(34-37-19)10-1-2-14(15(24)3-10)18(33-36)31-8-17(35)32-9-20(25,26)27/h1-6,36H,7-9H2,(H,31,33)(H,32,35). The number of aliphatic imine (C=N–C) groups is 1. The first kappa shape index (κ1) is 28.8. The third kappa shape index (κ3) is 6.78. The van der Waals surface area contributed by atoms with E-state index >= 15 is 0 Å². The van der Waals surface area contributed by atoms with Crippen molar-refractivity contribution in [3.8, 4) is 0 Å². The number of amidine groups is 1. The summed E-state index contributed by atoms with van der Waals surface area (Å²) in [7, 11) is 0. The Morgan fingerprint density at radius 3 is 2.27 bits per heavy atom. The molecule has 1 atom stereocenters. The second kappa shape index (κ2) is 10.9. The fraction of sp³-hybridized carbons (Fsp3) is 0.286. The van der Waals surface area contributed by atoms with Gasteiger partial charge in [-0.1, -0.05) is 46.0 Å². The van der Waals surface area contributed by atoms with Crippen molar-refractivity contribution in [2.45, 2.75) is 24.4 Å². The molecule has 1 aliphatic rings. The highest BCUT2D eigenvalue weighted by Crippen LogP contribution is 2.49. The van der Waals surface area contributed by atoms with Crippen molar-refractivity contribution in [2.24, 2.45) is 10.1 Å². The van der Waals surface area contributed by atoms with Gasteiger partial charge in [0.2, 0.25) is 5.91 Å². The van der Waals surface area contributed by atoms with Crippen molar-refractivity contribution in [2.75, 3.05) is 13.1 Å². The monoisotopic (exact) mass is 590 g/mol. The summed E-state index contributed by atoms with van der Waals surface area (Å²) < 4.78 is 79.1. The van der Waals surface area contributed by atoms with Crippen LogP contribution in [0.3, 0.4) is 0 Å². The van der Waals surface area contributed by atoms with Crippen LogP contribution in [0.25, 0.3) is 0 Å². The maximum absolute atomic E-state index is 14.2. The first-order valence-corrected chi connectivity index (χ1v) is 11.2. The summed E-state index contributed by atoms with van der Waals surface area (Å²) in [4.78, 5) is 20.2. The minimum absolute atomic E-state index is 0.000221. The average molecular weight is 592 g/mol. The van der Waals surface area contributed by atoms with Gasteiger partial charge in [-0.25, -0.2) is 0 Å². The predicted octanol–water partition coefficient (Wildman–Crippen LogP) is 5.63. The lowest BCUT2D eigenvalue weighted by Crippen LogP contribution is -2.42. The Morgan fingerprint density at radius 2 is 1.73 bits per heavy atom. The van der Waals surface area contributed by atoms with E-state index in [9.17, 15) is 36.3 Å². The normalized spacial score (nSPS) is 18.3. The van der Waals surface area contributed by atoms with Gasteiger partial charge in [-0.3, -0.25) is 20.5 Å². The van der Waals surface area contributed by atoms with Gasteiger partial charge in [0.25, 0.3) is 5.60 Å². The Balaban J connectivity index is 1.83. The largest absolute Gasteiger partial charge is 0.435 e. The molecule has 200 valence electrons. The maximum Gasteiger partial charge on any atom is 0.435 e. The molecule has 16 heteroatoms. The highest BCUT2D eigenvalue weighted by atomic mass is 35.5. The van der Waals surface area contributed by atoms with Crippen molar-refractivity contribution < 1.29 is 41.2 Å². The van der Waals surface area contributed by atoms with E-state index in [-0.39, 0.29) is 43.3 Å². The summed E-state index contributed by atoms with van der Waals surface area (Å²) in [5, 5.41) is 14.4. The van der Waals surface area contributed by atoms with Crippen LogP contribution in [0.2, 0.25) is 15.1 Å². The van der Waals surface area contributed by atoms with Crippen LogP contribution in [0.4, 0.5) is 26.3 Å². The molecule has 0 bridgehead atoms. The van der Waals surface area contributed by atoms with Gasteiger partial charge >= 0.3 is 12.4 Å². The van der Waals surface area contributed by atoms with Gasteiger partial charge in [-0.15, -0.1) is 0 Å². The second-order valence-electron chi connectivity index (χ2n) is 7.65. The van der Waals surface area contributed by atoms with Crippen LogP contribution in [0.1, 0.15) is 23.1 Å². The van der Waals surface area contributed by atoms with E-state index in [4.69, 9.17) is 39.6 Å². The quantitative estimate of drug-likeness (QED) is 0.176. The summed E-state index contributed by atoms with van der Waals surface area (Å²) in [6.07, 6.45) is -10.3. The van der Waals surface area contributed by atoms with Gasteiger partial charge < -0.3 is 10.2 Å². The molecule has 0 aromatic heterocycles. The molecule has 2 aromatic carbocycles. The second-order valence-corrected chi connectivity index (χ2v) is 8.93. The molecular weight excluding hydrogens is 577 g/mol. The molecule has 1 heterocycles. The number of hydrogen-bond acceptors (Lipinski definition) is 5. The number of hydroxylamine groups is 1. The number of carbonyl (C=O) groups excluding carboxylic acids is 1. The molecular formula is C21H15Cl3F6N4O3. The van der Waals surface area contributed by atoms with E-state index in [0.717, 1.165) is 12.1 Å². The number of nitrogens with zero attached hydrogens (tertiary/aromatic N) is 2. The smallest absolute Gasteiger partial charge is 0.374 e. The van der Waals surface area contributed by atoms with Crippen LogP contribution in [0.15, 0.2) is 46.5 Å². The van der Waals surface area contributed by atoms with Crippen LogP contribution < -0.4 is 10.8 Å². The molecule has 0 saturated carbocycles. The lowest BCUT2D eigenvalue weighted by molar-refractivity contribution is -0.275. The van der Waals surface area contributed by atoms with Crippen molar-refractivity contribution in [1.82, 2.24) is 10.8 Å². The van der Waals surface area contributed by atoms with Crippen LogP contribution in [0, 0.1) is 0 Å². The molecule has 7 nitrogen and oxygen atoms in total. The minimum atomic E-state index is -4.91. The van der Waals surface area contributed by atoms with Crippen LogP contribution in [0.5, 0.6) is 0 Å².